The van der Waals surface area contributed by atoms with Crippen LogP contribution in [0.25, 0.3) is 0 Å². The number of ether oxygens (including phenoxy) is 1. The summed E-state index contributed by atoms with van der Waals surface area (Å²) in [7, 11) is 0. The number of imide groups is 1. The minimum atomic E-state index is -1.31. The van der Waals surface area contributed by atoms with Crippen molar-refractivity contribution in [2.45, 2.75) is 36.1 Å². The van der Waals surface area contributed by atoms with Gasteiger partial charge in [0.2, 0.25) is 17.7 Å². The standard InChI is InChI=1S/C31H26Cl2N2O5/c1-3-16-40-29(39)18-12-14-19(15-13-18)34-26(36)17(2)35-27(37)24-25(28(35)38)31(33)21-9-5-4-8-20(21)30(24,32)22-10-6-7-11-23(22)31/h4-15,17,24-25H,3,16H2,1-2H3,(H,34,36)/t17-,24-,25-,30?,31?/m0/s1. The lowest BCUT2D eigenvalue weighted by Gasteiger charge is -2.54. The fraction of sp³-hybridized carbons (Fsp3) is 0.290. The average molecular weight is 577 g/mol. The SMILES string of the molecule is CCCOC(=O)c1ccc(NC(=O)[C@H](C)N2C(=O)[C@@H]3[C@@H](C2=O)C2(Cl)c4ccccc4C3(Cl)c3ccccc32)cc1. The zero-order chi connectivity index (χ0) is 28.4. The zero-order valence-electron chi connectivity index (χ0n) is 21.8. The summed E-state index contributed by atoms with van der Waals surface area (Å²) >= 11 is 14.9. The van der Waals surface area contributed by atoms with E-state index in [4.69, 9.17) is 27.9 Å². The highest BCUT2D eigenvalue weighted by atomic mass is 35.5. The smallest absolute Gasteiger partial charge is 0.338 e. The van der Waals surface area contributed by atoms with Gasteiger partial charge in [0.15, 0.2) is 0 Å². The van der Waals surface area contributed by atoms with Gasteiger partial charge in [-0.05, 0) is 59.9 Å². The van der Waals surface area contributed by atoms with Gasteiger partial charge in [-0.25, -0.2) is 4.79 Å². The van der Waals surface area contributed by atoms with Crippen LogP contribution in [0.4, 0.5) is 5.69 Å². The summed E-state index contributed by atoms with van der Waals surface area (Å²) < 4.78 is 5.13. The van der Waals surface area contributed by atoms with E-state index < -0.39 is 51.3 Å². The van der Waals surface area contributed by atoms with Crippen LogP contribution in [-0.2, 0) is 28.9 Å². The van der Waals surface area contributed by atoms with Gasteiger partial charge >= 0.3 is 5.97 Å². The maximum absolute atomic E-state index is 14.0. The first-order valence-corrected chi connectivity index (χ1v) is 13.9. The Balaban J connectivity index is 1.31. The first kappa shape index (κ1) is 26.5. The average Bonchev–Trinajstić information content (AvgIpc) is 3.25. The summed E-state index contributed by atoms with van der Waals surface area (Å²) in [6, 6.07) is 19.8. The number of halogens is 2. The van der Waals surface area contributed by atoms with Crippen LogP contribution >= 0.6 is 23.2 Å². The number of hydrogen-bond donors (Lipinski definition) is 1. The quantitative estimate of drug-likeness (QED) is 0.248. The molecule has 3 atom stereocenters. The number of likely N-dealkylation sites (tertiary alicyclic amines) is 1. The highest BCUT2D eigenvalue weighted by Gasteiger charge is 2.73. The lowest BCUT2D eigenvalue weighted by molar-refractivity contribution is -0.146. The van der Waals surface area contributed by atoms with Crippen molar-refractivity contribution in [3.63, 3.8) is 0 Å². The van der Waals surface area contributed by atoms with E-state index in [1.54, 1.807) is 24.3 Å². The molecule has 0 radical (unpaired) electrons. The van der Waals surface area contributed by atoms with Gasteiger partial charge in [-0.2, -0.15) is 0 Å². The van der Waals surface area contributed by atoms with E-state index in [-0.39, 0.29) is 0 Å². The topological polar surface area (TPSA) is 92.8 Å². The van der Waals surface area contributed by atoms with Crippen molar-refractivity contribution in [2.75, 3.05) is 11.9 Å². The molecule has 1 N–H and O–H groups in total. The first-order valence-electron chi connectivity index (χ1n) is 13.2. The van der Waals surface area contributed by atoms with Gasteiger partial charge < -0.3 is 10.1 Å². The molecule has 3 aromatic carbocycles. The van der Waals surface area contributed by atoms with Crippen LogP contribution in [-0.4, -0.2) is 41.2 Å². The molecule has 204 valence electrons. The fourth-order valence-electron chi connectivity index (χ4n) is 6.40. The maximum atomic E-state index is 14.0. The van der Waals surface area contributed by atoms with Gasteiger partial charge in [0.1, 0.15) is 15.8 Å². The van der Waals surface area contributed by atoms with Crippen molar-refractivity contribution >= 4 is 52.6 Å². The second-order valence-electron chi connectivity index (χ2n) is 10.4. The van der Waals surface area contributed by atoms with Gasteiger partial charge in [-0.3, -0.25) is 19.3 Å². The van der Waals surface area contributed by atoms with Crippen molar-refractivity contribution in [1.29, 1.82) is 0 Å². The number of esters is 1. The number of anilines is 1. The van der Waals surface area contributed by atoms with Crippen molar-refractivity contribution < 1.29 is 23.9 Å². The molecular formula is C31H26Cl2N2O5. The molecule has 0 aromatic heterocycles. The minimum Gasteiger partial charge on any atom is -0.462 e. The molecule has 4 aliphatic rings. The van der Waals surface area contributed by atoms with E-state index >= 15 is 0 Å². The summed E-state index contributed by atoms with van der Waals surface area (Å²) in [5.74, 6) is -4.03. The number of alkyl halides is 2. The van der Waals surface area contributed by atoms with Crippen molar-refractivity contribution in [2.24, 2.45) is 11.8 Å². The number of amides is 3. The van der Waals surface area contributed by atoms with E-state index in [1.807, 2.05) is 55.5 Å². The highest BCUT2D eigenvalue weighted by Crippen LogP contribution is 2.69. The molecule has 3 aliphatic carbocycles. The monoisotopic (exact) mass is 576 g/mol. The molecule has 40 heavy (non-hydrogen) atoms. The van der Waals surface area contributed by atoms with Crippen molar-refractivity contribution in [1.82, 2.24) is 4.90 Å². The molecule has 3 amide bonds. The van der Waals surface area contributed by atoms with Gasteiger partial charge in [0.25, 0.3) is 0 Å². The Labute approximate surface area is 241 Å². The predicted molar refractivity (Wildman–Crippen MR) is 150 cm³/mol. The second kappa shape index (κ2) is 9.46. The molecule has 3 aromatic rings. The summed E-state index contributed by atoms with van der Waals surface area (Å²) in [5, 5.41) is 2.74. The molecule has 1 saturated heterocycles. The van der Waals surface area contributed by atoms with Gasteiger partial charge in [-0.15, -0.1) is 23.2 Å². The Kier molecular flexibility index (Phi) is 6.28. The summed E-state index contributed by atoms with van der Waals surface area (Å²) in [6.07, 6.45) is 0.710. The molecule has 0 spiro atoms. The molecule has 1 fully saturated rings. The Morgan fingerprint density at radius 1 is 0.850 bits per heavy atom. The van der Waals surface area contributed by atoms with Crippen molar-refractivity contribution in [3.05, 3.63) is 101 Å². The molecule has 2 bridgehead atoms. The van der Waals surface area contributed by atoms with Crippen LogP contribution < -0.4 is 5.32 Å². The zero-order valence-corrected chi connectivity index (χ0v) is 23.3. The largest absolute Gasteiger partial charge is 0.462 e. The van der Waals surface area contributed by atoms with Gasteiger partial charge in [0, 0.05) is 5.69 Å². The van der Waals surface area contributed by atoms with Crippen LogP contribution in [0.5, 0.6) is 0 Å². The summed E-state index contributed by atoms with van der Waals surface area (Å²) in [6.45, 7) is 3.72. The Morgan fingerprint density at radius 3 is 1.73 bits per heavy atom. The third-order valence-corrected chi connectivity index (χ3v) is 9.50. The number of benzene rings is 3. The van der Waals surface area contributed by atoms with E-state index in [0.29, 0.717) is 46.5 Å². The Morgan fingerprint density at radius 2 is 1.30 bits per heavy atom. The molecule has 1 aliphatic heterocycles. The molecule has 1 heterocycles. The number of nitrogens with one attached hydrogen (secondary N) is 1. The van der Waals surface area contributed by atoms with E-state index in [0.717, 1.165) is 4.90 Å². The number of rotatable bonds is 6. The third-order valence-electron chi connectivity index (χ3n) is 8.21. The summed E-state index contributed by atoms with van der Waals surface area (Å²) in [5.41, 5.74) is 3.55. The lowest BCUT2D eigenvalue weighted by atomic mass is 9.54. The van der Waals surface area contributed by atoms with Crippen LogP contribution in [0.1, 0.15) is 52.9 Å². The van der Waals surface area contributed by atoms with Crippen LogP contribution in [0.2, 0.25) is 0 Å². The van der Waals surface area contributed by atoms with Crippen LogP contribution in [0.15, 0.2) is 72.8 Å². The summed E-state index contributed by atoms with van der Waals surface area (Å²) in [4.78, 5) is 51.9. The number of carbonyl (C=O) groups is 4. The Hall–Kier alpha value is -3.68. The van der Waals surface area contributed by atoms with Gasteiger partial charge in [-0.1, -0.05) is 55.5 Å². The molecular weight excluding hydrogens is 551 g/mol. The lowest BCUT2D eigenvalue weighted by Crippen LogP contribution is -2.57. The third kappa shape index (κ3) is 3.50. The second-order valence-corrected chi connectivity index (χ2v) is 11.6. The van der Waals surface area contributed by atoms with E-state index in [2.05, 4.69) is 5.32 Å². The molecule has 0 saturated carbocycles. The normalized spacial score (nSPS) is 26.6. The number of hydrogen-bond acceptors (Lipinski definition) is 5. The minimum absolute atomic E-state index is 0.318. The highest BCUT2D eigenvalue weighted by molar-refractivity contribution is 6.36. The molecule has 7 nitrogen and oxygen atoms in total. The van der Waals surface area contributed by atoms with Crippen LogP contribution in [0.3, 0.4) is 0 Å². The molecule has 7 rings (SSSR count). The number of nitrogens with zero attached hydrogens (tertiary/aromatic N) is 1. The fourth-order valence-corrected chi connectivity index (χ4v) is 7.50. The first-order chi connectivity index (χ1) is 19.1. The van der Waals surface area contributed by atoms with Crippen LogP contribution in [0, 0.1) is 11.8 Å². The molecule has 9 heteroatoms. The van der Waals surface area contributed by atoms with E-state index in [9.17, 15) is 19.2 Å². The predicted octanol–water partition coefficient (Wildman–Crippen LogP) is 5.17. The maximum Gasteiger partial charge on any atom is 0.338 e. The molecule has 0 unspecified atom stereocenters. The Bertz CT molecular complexity index is 1450. The van der Waals surface area contributed by atoms with E-state index in [1.165, 1.54) is 6.92 Å². The van der Waals surface area contributed by atoms with Gasteiger partial charge in [0.05, 0.1) is 24.0 Å². The van der Waals surface area contributed by atoms with Crippen molar-refractivity contribution in [3.8, 4) is 0 Å². The number of carbonyl (C=O) groups excluding carboxylic acids is 4.